The Hall–Kier alpha value is -1.18. The van der Waals surface area contributed by atoms with E-state index in [9.17, 15) is 14.7 Å². The molecule has 1 saturated heterocycles. The molecule has 3 N–H and O–H groups in total. The zero-order valence-electron chi connectivity index (χ0n) is 11.4. The van der Waals surface area contributed by atoms with E-state index in [4.69, 9.17) is 4.74 Å². The standard InChI is InChI=1S/C12H22N2O5/c1-9(16)14-10(11(17)18-2)7-13-12(8-15)3-5-19-6-4-12/h10,13,15H,3-8H2,1-2H3,(H,14,16). The summed E-state index contributed by atoms with van der Waals surface area (Å²) in [5, 5.41) is 15.2. The van der Waals surface area contributed by atoms with Gasteiger partial charge in [0.15, 0.2) is 0 Å². The number of ether oxygens (including phenoxy) is 2. The van der Waals surface area contributed by atoms with E-state index in [1.807, 2.05) is 0 Å². The summed E-state index contributed by atoms with van der Waals surface area (Å²) in [5.41, 5.74) is -0.455. The molecule has 0 aromatic heterocycles. The van der Waals surface area contributed by atoms with Gasteiger partial charge in [-0.25, -0.2) is 4.79 Å². The fourth-order valence-corrected chi connectivity index (χ4v) is 2.05. The van der Waals surface area contributed by atoms with Crippen LogP contribution in [0, 0.1) is 0 Å². The minimum Gasteiger partial charge on any atom is -0.467 e. The van der Waals surface area contributed by atoms with E-state index < -0.39 is 17.6 Å². The van der Waals surface area contributed by atoms with E-state index in [1.165, 1.54) is 14.0 Å². The Morgan fingerprint density at radius 2 is 2.05 bits per heavy atom. The molecule has 7 nitrogen and oxygen atoms in total. The van der Waals surface area contributed by atoms with Crippen molar-refractivity contribution >= 4 is 11.9 Å². The lowest BCUT2D eigenvalue weighted by molar-refractivity contribution is -0.144. The lowest BCUT2D eigenvalue weighted by atomic mass is 9.90. The highest BCUT2D eigenvalue weighted by Crippen LogP contribution is 2.19. The fraction of sp³-hybridized carbons (Fsp3) is 0.833. The zero-order chi connectivity index (χ0) is 14.3. The number of aliphatic hydroxyl groups is 1. The van der Waals surface area contributed by atoms with Crippen molar-refractivity contribution in [2.24, 2.45) is 0 Å². The summed E-state index contributed by atoms with van der Waals surface area (Å²) in [5.74, 6) is -0.815. The van der Waals surface area contributed by atoms with E-state index in [1.54, 1.807) is 0 Å². The summed E-state index contributed by atoms with van der Waals surface area (Å²) >= 11 is 0. The summed E-state index contributed by atoms with van der Waals surface area (Å²) in [6.07, 6.45) is 1.33. The lowest BCUT2D eigenvalue weighted by Gasteiger charge is -2.37. The summed E-state index contributed by atoms with van der Waals surface area (Å²) in [7, 11) is 1.27. The maximum absolute atomic E-state index is 11.5. The summed E-state index contributed by atoms with van der Waals surface area (Å²) in [6.45, 7) is 2.65. The SMILES string of the molecule is COC(=O)C(CNC1(CO)CCOCC1)NC(C)=O. The minimum absolute atomic E-state index is 0.0374. The average molecular weight is 274 g/mol. The Bertz CT molecular complexity index is 315. The summed E-state index contributed by atoms with van der Waals surface area (Å²) in [4.78, 5) is 22.6. The number of esters is 1. The number of amides is 1. The summed E-state index contributed by atoms with van der Waals surface area (Å²) in [6, 6.07) is -0.756. The molecule has 110 valence electrons. The van der Waals surface area contributed by atoms with E-state index >= 15 is 0 Å². The molecule has 0 saturated carbocycles. The second-order valence-corrected chi connectivity index (χ2v) is 4.71. The van der Waals surface area contributed by atoms with Crippen molar-refractivity contribution in [3.63, 3.8) is 0 Å². The first kappa shape index (κ1) is 15.9. The molecule has 7 heteroatoms. The Balaban J connectivity index is 2.57. The van der Waals surface area contributed by atoms with Gasteiger partial charge in [0.25, 0.3) is 0 Å². The third kappa shape index (κ3) is 4.77. The molecule has 19 heavy (non-hydrogen) atoms. The van der Waals surface area contributed by atoms with Crippen LogP contribution >= 0.6 is 0 Å². The van der Waals surface area contributed by atoms with Gasteiger partial charge >= 0.3 is 5.97 Å². The Labute approximate surface area is 112 Å². The maximum atomic E-state index is 11.5. The van der Waals surface area contributed by atoms with Crippen LogP contribution in [0.1, 0.15) is 19.8 Å². The zero-order valence-corrected chi connectivity index (χ0v) is 11.4. The average Bonchev–Trinajstić information content (AvgIpc) is 2.43. The van der Waals surface area contributed by atoms with E-state index in [0.29, 0.717) is 26.1 Å². The van der Waals surface area contributed by atoms with Gasteiger partial charge in [0, 0.05) is 32.2 Å². The van der Waals surface area contributed by atoms with Gasteiger partial charge in [-0.15, -0.1) is 0 Å². The second kappa shape index (κ2) is 7.42. The van der Waals surface area contributed by atoms with Crippen LogP contribution < -0.4 is 10.6 Å². The molecule has 0 radical (unpaired) electrons. The largest absolute Gasteiger partial charge is 0.467 e. The van der Waals surface area contributed by atoms with Gasteiger partial charge in [-0.05, 0) is 12.8 Å². The van der Waals surface area contributed by atoms with Crippen LogP contribution in [-0.4, -0.2) is 62.0 Å². The van der Waals surface area contributed by atoms with E-state index in [-0.39, 0.29) is 19.1 Å². The van der Waals surface area contributed by atoms with Gasteiger partial charge in [-0.2, -0.15) is 0 Å². The van der Waals surface area contributed by atoms with Crippen LogP contribution in [0.15, 0.2) is 0 Å². The predicted molar refractivity (Wildman–Crippen MR) is 67.5 cm³/mol. The Kier molecular flexibility index (Phi) is 6.20. The molecule has 1 aliphatic heterocycles. The predicted octanol–water partition coefficient (Wildman–Crippen LogP) is -1.20. The van der Waals surface area contributed by atoms with Crippen LogP contribution in [0.4, 0.5) is 0 Å². The third-order valence-electron chi connectivity index (χ3n) is 3.30. The highest BCUT2D eigenvalue weighted by Gasteiger charge is 2.33. The third-order valence-corrected chi connectivity index (χ3v) is 3.30. The monoisotopic (exact) mass is 274 g/mol. The normalized spacial score (nSPS) is 19.5. The van der Waals surface area contributed by atoms with Crippen molar-refractivity contribution in [3.05, 3.63) is 0 Å². The quantitative estimate of drug-likeness (QED) is 0.526. The number of carbonyl (C=O) groups excluding carboxylic acids is 2. The highest BCUT2D eigenvalue weighted by atomic mass is 16.5. The lowest BCUT2D eigenvalue weighted by Crippen LogP contribution is -2.57. The first-order valence-corrected chi connectivity index (χ1v) is 6.31. The number of rotatable bonds is 6. The summed E-state index contributed by atoms with van der Waals surface area (Å²) < 4.78 is 9.89. The number of nitrogens with one attached hydrogen (secondary N) is 2. The molecule has 0 spiro atoms. The topological polar surface area (TPSA) is 96.9 Å². The number of carbonyl (C=O) groups is 2. The molecular formula is C12H22N2O5. The van der Waals surface area contributed by atoms with Gasteiger partial charge in [0.1, 0.15) is 6.04 Å². The van der Waals surface area contributed by atoms with Crippen molar-refractivity contribution in [1.29, 1.82) is 0 Å². The molecule has 1 rings (SSSR count). The van der Waals surface area contributed by atoms with Gasteiger partial charge in [-0.1, -0.05) is 0 Å². The molecule has 1 unspecified atom stereocenters. The molecule has 1 heterocycles. The van der Waals surface area contributed by atoms with E-state index in [2.05, 4.69) is 15.4 Å². The first-order chi connectivity index (χ1) is 9.03. The van der Waals surface area contributed by atoms with Crippen molar-refractivity contribution in [2.45, 2.75) is 31.3 Å². The minimum atomic E-state index is -0.756. The molecule has 0 aromatic rings. The van der Waals surface area contributed by atoms with Gasteiger partial charge in [0.2, 0.25) is 5.91 Å². The van der Waals surface area contributed by atoms with Crippen LogP contribution in [-0.2, 0) is 19.1 Å². The number of hydrogen-bond acceptors (Lipinski definition) is 6. The van der Waals surface area contributed by atoms with Crippen LogP contribution in [0.2, 0.25) is 0 Å². The Morgan fingerprint density at radius 1 is 1.42 bits per heavy atom. The smallest absolute Gasteiger partial charge is 0.329 e. The van der Waals surface area contributed by atoms with Gasteiger partial charge in [-0.3, -0.25) is 4.79 Å². The van der Waals surface area contributed by atoms with Gasteiger partial charge in [0.05, 0.1) is 13.7 Å². The van der Waals surface area contributed by atoms with Crippen molar-refractivity contribution in [1.82, 2.24) is 10.6 Å². The Morgan fingerprint density at radius 3 is 2.53 bits per heavy atom. The number of hydrogen-bond donors (Lipinski definition) is 3. The van der Waals surface area contributed by atoms with Crippen molar-refractivity contribution < 1.29 is 24.2 Å². The molecule has 1 amide bonds. The second-order valence-electron chi connectivity index (χ2n) is 4.71. The molecule has 1 atom stereocenters. The van der Waals surface area contributed by atoms with E-state index in [0.717, 1.165) is 0 Å². The van der Waals surface area contributed by atoms with Crippen LogP contribution in [0.3, 0.4) is 0 Å². The highest BCUT2D eigenvalue weighted by molar-refractivity contribution is 5.83. The molecule has 0 aliphatic carbocycles. The van der Waals surface area contributed by atoms with Crippen LogP contribution in [0.25, 0.3) is 0 Å². The fourth-order valence-electron chi connectivity index (χ4n) is 2.05. The van der Waals surface area contributed by atoms with Crippen LogP contribution in [0.5, 0.6) is 0 Å². The van der Waals surface area contributed by atoms with Gasteiger partial charge < -0.3 is 25.2 Å². The number of aliphatic hydroxyl groups excluding tert-OH is 1. The molecule has 1 aliphatic rings. The maximum Gasteiger partial charge on any atom is 0.329 e. The molecule has 0 bridgehead atoms. The van der Waals surface area contributed by atoms with Crippen molar-refractivity contribution in [3.8, 4) is 0 Å². The molecule has 0 aromatic carbocycles. The first-order valence-electron chi connectivity index (χ1n) is 6.31. The number of methoxy groups -OCH3 is 1. The van der Waals surface area contributed by atoms with Crippen molar-refractivity contribution in [2.75, 3.05) is 33.5 Å². The molecule has 1 fully saturated rings. The molecular weight excluding hydrogens is 252 g/mol.